The third-order valence-electron chi connectivity index (χ3n) is 3.77. The highest BCUT2D eigenvalue weighted by molar-refractivity contribution is 6.30. The maximum absolute atomic E-state index is 11.9. The Hall–Kier alpha value is -2.01. The van der Waals surface area contributed by atoms with Gasteiger partial charge in [0.15, 0.2) is 0 Å². The van der Waals surface area contributed by atoms with Crippen LogP contribution < -0.4 is 10.6 Å². The maximum Gasteiger partial charge on any atom is 0.315 e. The average molecular weight is 336 g/mol. The Morgan fingerprint density at radius 2 is 2.17 bits per heavy atom. The highest BCUT2D eigenvalue weighted by Gasteiger charge is 2.11. The summed E-state index contributed by atoms with van der Waals surface area (Å²) in [5.74, 6) is 0.849. The number of halogens is 1. The Morgan fingerprint density at radius 1 is 1.39 bits per heavy atom. The molecule has 1 atom stereocenters. The van der Waals surface area contributed by atoms with E-state index in [2.05, 4.69) is 15.8 Å². The van der Waals surface area contributed by atoms with Crippen molar-refractivity contribution < 1.29 is 9.32 Å². The first-order chi connectivity index (χ1) is 11.0. The van der Waals surface area contributed by atoms with E-state index in [0.29, 0.717) is 11.6 Å². The molecular weight excluding hydrogens is 314 g/mol. The van der Waals surface area contributed by atoms with Crippen LogP contribution in [0.3, 0.4) is 0 Å². The number of carbonyl (C=O) groups excluding carboxylic acids is 1. The fourth-order valence-electron chi connectivity index (χ4n) is 2.43. The zero-order valence-corrected chi connectivity index (χ0v) is 14.4. The van der Waals surface area contributed by atoms with Gasteiger partial charge in [-0.25, -0.2) is 4.79 Å². The summed E-state index contributed by atoms with van der Waals surface area (Å²) < 4.78 is 5.12. The van der Waals surface area contributed by atoms with Crippen molar-refractivity contribution in [3.05, 3.63) is 51.9 Å². The largest absolute Gasteiger partial charge is 0.361 e. The van der Waals surface area contributed by atoms with Gasteiger partial charge < -0.3 is 15.2 Å². The molecule has 0 spiro atoms. The molecule has 1 aromatic heterocycles. The van der Waals surface area contributed by atoms with Gasteiger partial charge in [-0.05, 0) is 51.3 Å². The van der Waals surface area contributed by atoms with Crippen LogP contribution in [0.5, 0.6) is 0 Å². The molecule has 0 aliphatic heterocycles. The molecule has 0 unspecified atom stereocenters. The van der Waals surface area contributed by atoms with Crippen molar-refractivity contribution in [3.8, 4) is 0 Å². The third-order valence-corrected chi connectivity index (χ3v) is 4.00. The number of aromatic nitrogens is 1. The van der Waals surface area contributed by atoms with Crippen LogP contribution >= 0.6 is 11.6 Å². The number of carbonyl (C=O) groups is 1. The lowest BCUT2D eigenvalue weighted by Gasteiger charge is -2.15. The number of amides is 2. The Morgan fingerprint density at radius 3 is 2.83 bits per heavy atom. The molecule has 0 fully saturated rings. The molecule has 2 amide bonds. The van der Waals surface area contributed by atoms with Gasteiger partial charge in [-0.1, -0.05) is 28.9 Å². The second kappa shape index (κ2) is 8.02. The lowest BCUT2D eigenvalue weighted by Crippen LogP contribution is -2.37. The summed E-state index contributed by atoms with van der Waals surface area (Å²) >= 11 is 5.96. The summed E-state index contributed by atoms with van der Waals surface area (Å²) in [7, 11) is 0. The van der Waals surface area contributed by atoms with Crippen LogP contribution in [0.4, 0.5) is 4.79 Å². The second-order valence-electron chi connectivity index (χ2n) is 5.58. The first-order valence-corrected chi connectivity index (χ1v) is 8.06. The topological polar surface area (TPSA) is 67.2 Å². The van der Waals surface area contributed by atoms with E-state index in [1.54, 1.807) is 0 Å². The summed E-state index contributed by atoms with van der Waals surface area (Å²) in [5, 5.41) is 10.4. The van der Waals surface area contributed by atoms with Gasteiger partial charge in [-0.15, -0.1) is 0 Å². The summed E-state index contributed by atoms with van der Waals surface area (Å²) in [5.41, 5.74) is 3.02. The van der Waals surface area contributed by atoms with Crippen LogP contribution in [-0.2, 0) is 6.42 Å². The summed E-state index contributed by atoms with van der Waals surface area (Å²) in [4.78, 5) is 11.9. The summed E-state index contributed by atoms with van der Waals surface area (Å²) in [6.07, 6.45) is 1.67. The molecule has 2 N–H and O–H groups in total. The molecule has 0 aliphatic rings. The van der Waals surface area contributed by atoms with Crippen LogP contribution in [-0.4, -0.2) is 17.7 Å². The highest BCUT2D eigenvalue weighted by atomic mass is 35.5. The van der Waals surface area contributed by atoms with Crippen molar-refractivity contribution in [1.82, 2.24) is 15.8 Å². The summed E-state index contributed by atoms with van der Waals surface area (Å²) in [6, 6.07) is 7.19. The van der Waals surface area contributed by atoms with Crippen molar-refractivity contribution >= 4 is 17.6 Å². The fraction of sp³-hybridized carbons (Fsp3) is 0.412. The van der Waals surface area contributed by atoms with Gasteiger partial charge in [0.1, 0.15) is 5.76 Å². The predicted molar refractivity (Wildman–Crippen MR) is 90.7 cm³/mol. The molecule has 5 nitrogen and oxygen atoms in total. The molecule has 2 rings (SSSR count). The molecule has 0 radical (unpaired) electrons. The van der Waals surface area contributed by atoms with E-state index in [0.717, 1.165) is 35.4 Å². The number of nitrogens with zero attached hydrogens (tertiary/aromatic N) is 1. The van der Waals surface area contributed by atoms with Crippen LogP contribution in [0, 0.1) is 13.8 Å². The van der Waals surface area contributed by atoms with Crippen LogP contribution in [0.2, 0.25) is 5.02 Å². The SMILES string of the molecule is Cc1noc(C)c1CCCNC(=O)N[C@@H](C)c1cccc(Cl)c1. The lowest BCUT2D eigenvalue weighted by molar-refractivity contribution is 0.238. The zero-order valence-electron chi connectivity index (χ0n) is 13.6. The number of urea groups is 1. The molecule has 1 aromatic carbocycles. The van der Waals surface area contributed by atoms with E-state index < -0.39 is 0 Å². The van der Waals surface area contributed by atoms with Gasteiger partial charge >= 0.3 is 6.03 Å². The standard InChI is InChI=1S/C17H22ClN3O2/c1-11(14-6-4-7-15(18)10-14)20-17(22)19-9-5-8-16-12(2)21-23-13(16)3/h4,6-7,10-11H,5,8-9H2,1-3H3,(H2,19,20,22)/t11-/m0/s1. The Bertz CT molecular complexity index is 650. The third kappa shape index (κ3) is 4.99. The Balaban J connectivity index is 1.73. The van der Waals surface area contributed by atoms with Gasteiger partial charge in [-0.3, -0.25) is 0 Å². The van der Waals surface area contributed by atoms with Crippen LogP contribution in [0.1, 0.15) is 42.0 Å². The first kappa shape index (κ1) is 17.3. The molecule has 0 saturated carbocycles. The maximum atomic E-state index is 11.9. The second-order valence-corrected chi connectivity index (χ2v) is 6.02. The number of rotatable bonds is 6. The number of aryl methyl sites for hydroxylation is 2. The van der Waals surface area contributed by atoms with Gasteiger partial charge in [-0.2, -0.15) is 0 Å². The van der Waals surface area contributed by atoms with Crippen molar-refractivity contribution in [2.45, 2.75) is 39.7 Å². The van der Waals surface area contributed by atoms with Gasteiger partial charge in [0.25, 0.3) is 0 Å². The Labute approximate surface area is 141 Å². The van der Waals surface area contributed by atoms with E-state index in [1.165, 1.54) is 0 Å². The highest BCUT2D eigenvalue weighted by Crippen LogP contribution is 2.17. The molecule has 0 saturated heterocycles. The molecule has 2 aromatic rings. The predicted octanol–water partition coefficient (Wildman–Crippen LogP) is 3.94. The molecule has 0 bridgehead atoms. The number of hydrogen-bond donors (Lipinski definition) is 2. The van der Waals surface area contributed by atoms with Crippen molar-refractivity contribution in [1.29, 1.82) is 0 Å². The molecule has 0 aliphatic carbocycles. The number of nitrogens with one attached hydrogen (secondary N) is 2. The quantitative estimate of drug-likeness (QED) is 0.786. The minimum Gasteiger partial charge on any atom is -0.361 e. The Kier molecular flexibility index (Phi) is 6.04. The summed E-state index contributed by atoms with van der Waals surface area (Å²) in [6.45, 7) is 6.36. The molecule has 1 heterocycles. The van der Waals surface area contributed by atoms with Crippen molar-refractivity contribution in [2.75, 3.05) is 6.54 Å². The van der Waals surface area contributed by atoms with E-state index in [-0.39, 0.29) is 12.1 Å². The van der Waals surface area contributed by atoms with Crippen LogP contribution in [0.25, 0.3) is 0 Å². The van der Waals surface area contributed by atoms with E-state index in [9.17, 15) is 4.79 Å². The van der Waals surface area contributed by atoms with Crippen molar-refractivity contribution in [3.63, 3.8) is 0 Å². The van der Waals surface area contributed by atoms with E-state index >= 15 is 0 Å². The lowest BCUT2D eigenvalue weighted by atomic mass is 10.1. The fourth-order valence-corrected chi connectivity index (χ4v) is 2.63. The van der Waals surface area contributed by atoms with Gasteiger partial charge in [0, 0.05) is 17.1 Å². The van der Waals surface area contributed by atoms with E-state index in [1.807, 2.05) is 45.0 Å². The molecule has 124 valence electrons. The normalized spacial score (nSPS) is 12.0. The van der Waals surface area contributed by atoms with Gasteiger partial charge in [0.05, 0.1) is 11.7 Å². The minimum absolute atomic E-state index is 0.101. The molecular formula is C17H22ClN3O2. The monoisotopic (exact) mass is 335 g/mol. The number of hydrogen-bond acceptors (Lipinski definition) is 3. The van der Waals surface area contributed by atoms with Gasteiger partial charge in [0.2, 0.25) is 0 Å². The molecule has 6 heteroatoms. The smallest absolute Gasteiger partial charge is 0.315 e. The zero-order chi connectivity index (χ0) is 16.8. The van der Waals surface area contributed by atoms with Crippen molar-refractivity contribution in [2.24, 2.45) is 0 Å². The average Bonchev–Trinajstić information content (AvgIpc) is 2.83. The minimum atomic E-state index is -0.184. The van der Waals surface area contributed by atoms with E-state index in [4.69, 9.17) is 16.1 Å². The van der Waals surface area contributed by atoms with Crippen LogP contribution in [0.15, 0.2) is 28.8 Å². The molecule has 23 heavy (non-hydrogen) atoms. The first-order valence-electron chi connectivity index (χ1n) is 7.69. The number of benzene rings is 1.